The van der Waals surface area contributed by atoms with E-state index in [1.165, 1.54) is 18.4 Å². The predicted octanol–water partition coefficient (Wildman–Crippen LogP) is 1.90. The molecule has 0 aliphatic carbocycles. The van der Waals surface area contributed by atoms with E-state index in [0.717, 1.165) is 37.4 Å². The SMILES string of the molecule is CCc1ccc(-c2nnnn2CC2CCNCC2)cc1. The molecule has 3 rings (SSSR count). The minimum absolute atomic E-state index is 0.674. The molecule has 20 heavy (non-hydrogen) atoms. The van der Waals surface area contributed by atoms with E-state index in [4.69, 9.17) is 0 Å². The molecule has 0 bridgehead atoms. The highest BCUT2D eigenvalue weighted by atomic mass is 15.5. The summed E-state index contributed by atoms with van der Waals surface area (Å²) >= 11 is 0. The number of piperidine rings is 1. The largest absolute Gasteiger partial charge is 0.317 e. The molecule has 1 saturated heterocycles. The summed E-state index contributed by atoms with van der Waals surface area (Å²) in [5.41, 5.74) is 2.44. The number of aromatic nitrogens is 4. The Bertz CT molecular complexity index is 540. The molecule has 0 spiro atoms. The molecule has 5 nitrogen and oxygen atoms in total. The Kier molecular flexibility index (Phi) is 4.06. The van der Waals surface area contributed by atoms with Gasteiger partial charge < -0.3 is 5.32 Å². The Hall–Kier alpha value is -1.75. The first kappa shape index (κ1) is 13.2. The van der Waals surface area contributed by atoms with Crippen LogP contribution in [0.5, 0.6) is 0 Å². The van der Waals surface area contributed by atoms with Crippen LogP contribution in [0.15, 0.2) is 24.3 Å². The van der Waals surface area contributed by atoms with Crippen LogP contribution in [0.4, 0.5) is 0 Å². The minimum atomic E-state index is 0.674. The van der Waals surface area contributed by atoms with E-state index in [1.807, 2.05) is 4.68 Å². The molecule has 0 unspecified atom stereocenters. The summed E-state index contributed by atoms with van der Waals surface area (Å²) in [6.45, 7) is 5.29. The Morgan fingerprint density at radius 2 is 1.95 bits per heavy atom. The summed E-state index contributed by atoms with van der Waals surface area (Å²) in [5.74, 6) is 1.56. The fourth-order valence-electron chi connectivity index (χ4n) is 2.73. The number of hydrogen-bond acceptors (Lipinski definition) is 4. The van der Waals surface area contributed by atoms with Crippen molar-refractivity contribution < 1.29 is 0 Å². The molecule has 0 saturated carbocycles. The van der Waals surface area contributed by atoms with Crippen LogP contribution in [0, 0.1) is 5.92 Å². The topological polar surface area (TPSA) is 55.6 Å². The van der Waals surface area contributed by atoms with Crippen molar-refractivity contribution in [2.24, 2.45) is 5.92 Å². The van der Waals surface area contributed by atoms with Crippen molar-refractivity contribution in [3.05, 3.63) is 29.8 Å². The van der Waals surface area contributed by atoms with Crippen molar-refractivity contribution in [3.8, 4) is 11.4 Å². The number of hydrogen-bond donors (Lipinski definition) is 1. The van der Waals surface area contributed by atoms with Crippen LogP contribution in [-0.4, -0.2) is 33.3 Å². The Morgan fingerprint density at radius 1 is 1.20 bits per heavy atom. The number of benzene rings is 1. The summed E-state index contributed by atoms with van der Waals surface area (Å²) in [5, 5.41) is 15.6. The van der Waals surface area contributed by atoms with Gasteiger partial charge in [-0.25, -0.2) is 4.68 Å². The maximum absolute atomic E-state index is 4.19. The molecule has 2 heterocycles. The molecule has 0 atom stereocenters. The van der Waals surface area contributed by atoms with E-state index in [2.05, 4.69) is 52.0 Å². The summed E-state index contributed by atoms with van der Waals surface area (Å²) in [6.07, 6.45) is 3.46. The highest BCUT2D eigenvalue weighted by molar-refractivity contribution is 5.54. The van der Waals surface area contributed by atoms with E-state index in [9.17, 15) is 0 Å². The minimum Gasteiger partial charge on any atom is -0.317 e. The Labute approximate surface area is 119 Å². The maximum Gasteiger partial charge on any atom is 0.182 e. The summed E-state index contributed by atoms with van der Waals surface area (Å²) in [4.78, 5) is 0. The van der Waals surface area contributed by atoms with Gasteiger partial charge in [-0.2, -0.15) is 0 Å². The maximum atomic E-state index is 4.19. The first-order chi connectivity index (χ1) is 9.86. The van der Waals surface area contributed by atoms with Gasteiger partial charge in [0.2, 0.25) is 0 Å². The highest BCUT2D eigenvalue weighted by Crippen LogP contribution is 2.20. The van der Waals surface area contributed by atoms with Crippen molar-refractivity contribution in [3.63, 3.8) is 0 Å². The quantitative estimate of drug-likeness (QED) is 0.923. The lowest BCUT2D eigenvalue weighted by Crippen LogP contribution is -2.30. The standard InChI is InChI=1S/C15H21N5/c1-2-12-3-5-14(6-4-12)15-17-18-19-20(15)11-13-7-9-16-10-8-13/h3-6,13,16H,2,7-11H2,1H3. The monoisotopic (exact) mass is 271 g/mol. The molecular formula is C15H21N5. The fourth-order valence-corrected chi connectivity index (χ4v) is 2.73. The smallest absolute Gasteiger partial charge is 0.182 e. The second-order valence-corrected chi connectivity index (χ2v) is 5.43. The van der Waals surface area contributed by atoms with E-state index < -0.39 is 0 Å². The molecule has 2 aromatic rings. The third kappa shape index (κ3) is 2.88. The second kappa shape index (κ2) is 6.13. The molecule has 0 radical (unpaired) electrons. The van der Waals surface area contributed by atoms with Crippen molar-refractivity contribution in [2.75, 3.05) is 13.1 Å². The molecule has 1 aromatic heterocycles. The first-order valence-corrected chi connectivity index (χ1v) is 7.43. The van der Waals surface area contributed by atoms with E-state index in [0.29, 0.717) is 5.92 Å². The van der Waals surface area contributed by atoms with Gasteiger partial charge in [-0.05, 0) is 54.3 Å². The van der Waals surface area contributed by atoms with Gasteiger partial charge in [0.1, 0.15) is 0 Å². The molecule has 5 heteroatoms. The first-order valence-electron chi connectivity index (χ1n) is 7.43. The van der Waals surface area contributed by atoms with Crippen molar-refractivity contribution >= 4 is 0 Å². The van der Waals surface area contributed by atoms with Crippen molar-refractivity contribution in [2.45, 2.75) is 32.7 Å². The van der Waals surface area contributed by atoms with Crippen LogP contribution >= 0.6 is 0 Å². The average molecular weight is 271 g/mol. The lowest BCUT2D eigenvalue weighted by atomic mass is 9.98. The van der Waals surface area contributed by atoms with Gasteiger partial charge in [0.25, 0.3) is 0 Å². The lowest BCUT2D eigenvalue weighted by Gasteiger charge is -2.22. The van der Waals surface area contributed by atoms with Gasteiger partial charge in [-0.1, -0.05) is 31.2 Å². The van der Waals surface area contributed by atoms with Crippen LogP contribution in [0.3, 0.4) is 0 Å². The van der Waals surface area contributed by atoms with Crippen LogP contribution in [0.2, 0.25) is 0 Å². The molecule has 1 aliphatic rings. The van der Waals surface area contributed by atoms with Gasteiger partial charge in [-0.3, -0.25) is 0 Å². The Morgan fingerprint density at radius 3 is 2.65 bits per heavy atom. The third-order valence-electron chi connectivity index (χ3n) is 4.04. The fraction of sp³-hybridized carbons (Fsp3) is 0.533. The van der Waals surface area contributed by atoms with E-state index in [1.54, 1.807) is 0 Å². The normalized spacial score (nSPS) is 16.4. The lowest BCUT2D eigenvalue weighted by molar-refractivity contribution is 0.320. The molecule has 1 aliphatic heterocycles. The number of nitrogens with one attached hydrogen (secondary N) is 1. The van der Waals surface area contributed by atoms with Crippen LogP contribution in [-0.2, 0) is 13.0 Å². The van der Waals surface area contributed by atoms with Crippen molar-refractivity contribution in [1.29, 1.82) is 0 Å². The highest BCUT2D eigenvalue weighted by Gasteiger charge is 2.17. The third-order valence-corrected chi connectivity index (χ3v) is 4.04. The molecule has 1 fully saturated rings. The molecule has 0 amide bonds. The molecule has 106 valence electrons. The zero-order valence-corrected chi connectivity index (χ0v) is 11.9. The molecule has 1 N–H and O–H groups in total. The van der Waals surface area contributed by atoms with Gasteiger partial charge in [0.05, 0.1) is 0 Å². The van der Waals surface area contributed by atoms with Gasteiger partial charge in [-0.15, -0.1) is 5.10 Å². The zero-order valence-electron chi connectivity index (χ0n) is 11.9. The summed E-state index contributed by atoms with van der Waals surface area (Å²) in [6, 6.07) is 8.53. The second-order valence-electron chi connectivity index (χ2n) is 5.43. The number of nitrogens with zero attached hydrogens (tertiary/aromatic N) is 4. The summed E-state index contributed by atoms with van der Waals surface area (Å²) < 4.78 is 1.96. The average Bonchev–Trinajstić information content (AvgIpc) is 2.96. The van der Waals surface area contributed by atoms with Crippen LogP contribution < -0.4 is 5.32 Å². The Balaban J connectivity index is 1.77. The van der Waals surface area contributed by atoms with Crippen LogP contribution in [0.1, 0.15) is 25.3 Å². The van der Waals surface area contributed by atoms with Gasteiger partial charge in [0.15, 0.2) is 5.82 Å². The number of tetrazole rings is 1. The van der Waals surface area contributed by atoms with Gasteiger partial charge >= 0.3 is 0 Å². The molecular weight excluding hydrogens is 250 g/mol. The van der Waals surface area contributed by atoms with Crippen molar-refractivity contribution in [1.82, 2.24) is 25.5 Å². The van der Waals surface area contributed by atoms with E-state index in [-0.39, 0.29) is 0 Å². The van der Waals surface area contributed by atoms with E-state index >= 15 is 0 Å². The molecule has 1 aromatic carbocycles. The number of rotatable bonds is 4. The van der Waals surface area contributed by atoms with Crippen LogP contribution in [0.25, 0.3) is 11.4 Å². The number of aryl methyl sites for hydroxylation is 1. The predicted molar refractivity (Wildman–Crippen MR) is 78.2 cm³/mol. The summed E-state index contributed by atoms with van der Waals surface area (Å²) in [7, 11) is 0. The zero-order chi connectivity index (χ0) is 13.8. The van der Waals surface area contributed by atoms with Gasteiger partial charge in [0, 0.05) is 12.1 Å².